The molecule has 0 aliphatic carbocycles. The molecule has 56 heavy (non-hydrogen) atoms. The van der Waals surface area contributed by atoms with Crippen molar-refractivity contribution in [2.45, 2.75) is 0 Å². The molecular formula is C53H35N3. The van der Waals surface area contributed by atoms with Crippen molar-refractivity contribution in [3.8, 4) is 56.1 Å². The molecule has 3 nitrogen and oxygen atoms in total. The zero-order valence-electron chi connectivity index (χ0n) is 30.5. The summed E-state index contributed by atoms with van der Waals surface area (Å²) in [5, 5.41) is 4.88. The maximum atomic E-state index is 5.37. The molecule has 11 aromatic rings. The Labute approximate surface area is 325 Å². The fourth-order valence-electron chi connectivity index (χ4n) is 8.57. The van der Waals surface area contributed by atoms with Gasteiger partial charge in [-0.1, -0.05) is 158 Å². The van der Waals surface area contributed by atoms with Crippen molar-refractivity contribution in [2.75, 3.05) is 0 Å². The monoisotopic (exact) mass is 713 g/mol. The second-order valence-electron chi connectivity index (χ2n) is 14.4. The predicted octanol–water partition coefficient (Wildman–Crippen LogP) is 13.9. The maximum Gasteiger partial charge on any atom is 0.138 e. The second-order valence-corrected chi connectivity index (χ2v) is 14.4. The van der Waals surface area contributed by atoms with E-state index in [1.165, 1.54) is 54.8 Å². The normalized spacial score (nSPS) is 11.6. The Kier molecular flexibility index (Phi) is 7.49. The van der Waals surface area contributed by atoms with Gasteiger partial charge in [-0.2, -0.15) is 0 Å². The summed E-state index contributed by atoms with van der Waals surface area (Å²) in [5.74, 6) is 0.893. The van der Waals surface area contributed by atoms with Crippen LogP contribution in [0.25, 0.3) is 99.8 Å². The van der Waals surface area contributed by atoms with E-state index in [1.54, 1.807) is 0 Å². The average Bonchev–Trinajstić information content (AvgIpc) is 3.80. The lowest BCUT2D eigenvalue weighted by Crippen LogP contribution is -2.00. The lowest BCUT2D eigenvalue weighted by Gasteiger charge is -2.13. The van der Waals surface area contributed by atoms with Crippen LogP contribution in [0.2, 0.25) is 0 Å². The number of hydrogen-bond acceptors (Lipinski definition) is 1. The zero-order chi connectivity index (χ0) is 37.0. The van der Waals surface area contributed by atoms with E-state index >= 15 is 0 Å². The molecule has 0 N–H and O–H groups in total. The van der Waals surface area contributed by atoms with Crippen molar-refractivity contribution in [2.24, 2.45) is 0 Å². The summed E-state index contributed by atoms with van der Waals surface area (Å²) in [4.78, 5) is 5.37. The van der Waals surface area contributed by atoms with Crippen LogP contribution in [0.15, 0.2) is 212 Å². The minimum absolute atomic E-state index is 0.893. The first-order valence-corrected chi connectivity index (χ1v) is 19.1. The van der Waals surface area contributed by atoms with Crippen LogP contribution in [0, 0.1) is 0 Å². The molecule has 0 radical (unpaired) electrons. The zero-order valence-corrected chi connectivity index (χ0v) is 30.5. The molecule has 0 spiro atoms. The lowest BCUT2D eigenvalue weighted by atomic mass is 9.98. The molecule has 0 saturated heterocycles. The summed E-state index contributed by atoms with van der Waals surface area (Å²) in [6.07, 6.45) is 0. The van der Waals surface area contributed by atoms with Crippen LogP contribution in [-0.4, -0.2) is 14.1 Å². The maximum absolute atomic E-state index is 5.37. The second kappa shape index (κ2) is 13.1. The Morgan fingerprint density at radius 2 is 0.875 bits per heavy atom. The van der Waals surface area contributed by atoms with E-state index in [9.17, 15) is 0 Å². The molecule has 0 saturated carbocycles. The fraction of sp³-hybridized carbons (Fsp3) is 0. The smallest absolute Gasteiger partial charge is 0.138 e. The molecule has 0 aliphatic heterocycles. The Bertz CT molecular complexity index is 3170. The highest BCUT2D eigenvalue weighted by Crippen LogP contribution is 2.42. The molecule has 11 rings (SSSR count). The molecule has 3 heteroatoms. The minimum Gasteiger partial charge on any atom is -0.309 e. The van der Waals surface area contributed by atoms with Crippen molar-refractivity contribution in [3.05, 3.63) is 212 Å². The number of rotatable bonds is 6. The quantitative estimate of drug-likeness (QED) is 0.168. The first-order chi connectivity index (χ1) is 27.8. The Morgan fingerprint density at radius 3 is 1.62 bits per heavy atom. The molecule has 8 aromatic carbocycles. The number of nitrogens with zero attached hydrogens (tertiary/aromatic N) is 3. The van der Waals surface area contributed by atoms with E-state index in [-0.39, 0.29) is 0 Å². The number of hydrogen-bond donors (Lipinski definition) is 0. The van der Waals surface area contributed by atoms with Crippen molar-refractivity contribution >= 4 is 43.6 Å². The summed E-state index contributed by atoms with van der Waals surface area (Å²) in [6.45, 7) is 0. The third-order valence-electron chi connectivity index (χ3n) is 11.1. The van der Waals surface area contributed by atoms with Gasteiger partial charge in [-0.3, -0.25) is 4.57 Å². The number of aromatic nitrogens is 3. The first-order valence-electron chi connectivity index (χ1n) is 19.1. The Morgan fingerprint density at radius 1 is 0.304 bits per heavy atom. The molecule has 0 aliphatic rings. The van der Waals surface area contributed by atoms with Crippen LogP contribution in [0.4, 0.5) is 0 Å². The number of fused-ring (bicyclic) bond motifs is 6. The fourth-order valence-corrected chi connectivity index (χ4v) is 8.57. The highest BCUT2D eigenvalue weighted by molar-refractivity contribution is 6.17. The van der Waals surface area contributed by atoms with Gasteiger partial charge in [0, 0.05) is 32.8 Å². The topological polar surface area (TPSA) is 22.8 Å². The molecule has 3 aromatic heterocycles. The number of benzene rings is 8. The van der Waals surface area contributed by atoms with Gasteiger partial charge in [0.15, 0.2) is 0 Å². The van der Waals surface area contributed by atoms with Crippen LogP contribution in [-0.2, 0) is 0 Å². The standard InChI is InChI=1S/C53H35N3/c1-4-16-36(17-5-1)39-22-14-23-42(32-39)55-48-27-12-10-24-44(48)46-33-40(30-31-50(46)55)43-26-15-29-51-53(43)45-25-11-13-28-49(45)56(51)52-35-41(37-18-6-2-7-19-37)34-47(54-52)38-20-8-3-9-21-38/h1-35H. The van der Waals surface area contributed by atoms with Crippen molar-refractivity contribution in [3.63, 3.8) is 0 Å². The SMILES string of the molecule is c1ccc(-c2cccc(-n3c4ccccc4c4cc(-c5cccc6c5c5ccccc5n6-c5cc(-c6ccccc6)cc(-c6ccccc6)n5)ccc43)c2)cc1. The highest BCUT2D eigenvalue weighted by Gasteiger charge is 2.20. The van der Waals surface area contributed by atoms with Gasteiger partial charge in [0.25, 0.3) is 0 Å². The minimum atomic E-state index is 0.893. The van der Waals surface area contributed by atoms with Gasteiger partial charge in [-0.15, -0.1) is 0 Å². The molecular weight excluding hydrogens is 679 g/mol. The van der Waals surface area contributed by atoms with Crippen molar-refractivity contribution in [1.29, 1.82) is 0 Å². The van der Waals surface area contributed by atoms with E-state index in [1.807, 2.05) is 0 Å². The predicted molar refractivity (Wildman–Crippen MR) is 235 cm³/mol. The van der Waals surface area contributed by atoms with Gasteiger partial charge in [-0.05, 0) is 88.0 Å². The van der Waals surface area contributed by atoms with Gasteiger partial charge in [-0.25, -0.2) is 4.98 Å². The molecule has 3 heterocycles. The summed E-state index contributed by atoms with van der Waals surface area (Å²) >= 11 is 0. The van der Waals surface area contributed by atoms with E-state index in [4.69, 9.17) is 4.98 Å². The molecule has 0 amide bonds. The largest absolute Gasteiger partial charge is 0.309 e. The van der Waals surface area contributed by atoms with Gasteiger partial charge in [0.05, 0.1) is 27.8 Å². The van der Waals surface area contributed by atoms with Gasteiger partial charge < -0.3 is 4.57 Å². The van der Waals surface area contributed by atoms with E-state index in [2.05, 4.69) is 221 Å². The van der Waals surface area contributed by atoms with Crippen LogP contribution in [0.5, 0.6) is 0 Å². The van der Waals surface area contributed by atoms with E-state index < -0.39 is 0 Å². The lowest BCUT2D eigenvalue weighted by molar-refractivity contribution is 1.08. The van der Waals surface area contributed by atoms with Crippen LogP contribution >= 0.6 is 0 Å². The van der Waals surface area contributed by atoms with Gasteiger partial charge >= 0.3 is 0 Å². The number of pyridine rings is 1. The summed E-state index contributed by atoms with van der Waals surface area (Å²) in [7, 11) is 0. The van der Waals surface area contributed by atoms with Gasteiger partial charge in [0.2, 0.25) is 0 Å². The summed E-state index contributed by atoms with van der Waals surface area (Å²) in [6, 6.07) is 76.2. The van der Waals surface area contributed by atoms with Crippen molar-refractivity contribution in [1.82, 2.24) is 14.1 Å². The molecule has 0 atom stereocenters. The summed E-state index contributed by atoms with van der Waals surface area (Å²) < 4.78 is 4.75. The van der Waals surface area contributed by atoms with Crippen LogP contribution in [0.3, 0.4) is 0 Å². The number of para-hydroxylation sites is 2. The van der Waals surface area contributed by atoms with E-state index in [0.29, 0.717) is 0 Å². The Balaban J connectivity index is 1.12. The Hall–Kier alpha value is -7.49. The van der Waals surface area contributed by atoms with Crippen molar-refractivity contribution < 1.29 is 0 Å². The first kappa shape index (κ1) is 32.0. The van der Waals surface area contributed by atoms with Crippen LogP contribution in [0.1, 0.15) is 0 Å². The third-order valence-corrected chi connectivity index (χ3v) is 11.1. The van der Waals surface area contributed by atoms with Gasteiger partial charge in [0.1, 0.15) is 5.82 Å². The van der Waals surface area contributed by atoms with E-state index in [0.717, 1.165) is 44.9 Å². The third kappa shape index (κ3) is 5.25. The summed E-state index contributed by atoms with van der Waals surface area (Å²) in [5.41, 5.74) is 14.9. The molecule has 0 fully saturated rings. The molecule has 0 bridgehead atoms. The average molecular weight is 714 g/mol. The van der Waals surface area contributed by atoms with Crippen LogP contribution < -0.4 is 0 Å². The highest BCUT2D eigenvalue weighted by atomic mass is 15.1. The molecule has 0 unspecified atom stereocenters. The molecule has 262 valence electrons.